The molecular formula is C16H18N2. The van der Waals surface area contributed by atoms with Gasteiger partial charge in [0.25, 0.3) is 0 Å². The van der Waals surface area contributed by atoms with Gasteiger partial charge in [-0.2, -0.15) is 0 Å². The smallest absolute Gasteiger partial charge is 0.106 e. The highest BCUT2D eigenvalue weighted by atomic mass is 15.2. The number of hydrogen-bond acceptors (Lipinski definition) is 1. The van der Waals surface area contributed by atoms with Crippen LogP contribution >= 0.6 is 0 Å². The van der Waals surface area contributed by atoms with E-state index in [1.165, 1.54) is 5.69 Å². The van der Waals surface area contributed by atoms with E-state index >= 15 is 0 Å². The van der Waals surface area contributed by atoms with E-state index in [0.717, 1.165) is 18.1 Å². The second kappa shape index (κ2) is 6.01. The highest BCUT2D eigenvalue weighted by Gasteiger charge is 2.06. The first-order valence-corrected chi connectivity index (χ1v) is 6.24. The van der Waals surface area contributed by atoms with E-state index in [1.54, 1.807) is 0 Å². The van der Waals surface area contributed by atoms with Crippen LogP contribution in [0.15, 0.2) is 65.7 Å². The summed E-state index contributed by atoms with van der Waals surface area (Å²) in [5, 5.41) is 0. The molecule has 0 spiro atoms. The fourth-order valence-electron chi connectivity index (χ4n) is 1.96. The van der Waals surface area contributed by atoms with E-state index in [9.17, 15) is 0 Å². The zero-order chi connectivity index (χ0) is 12.8. The maximum atomic E-state index is 4.65. The maximum Gasteiger partial charge on any atom is 0.106 e. The minimum absolute atomic E-state index is 0.909. The van der Waals surface area contributed by atoms with Crippen molar-refractivity contribution in [1.82, 2.24) is 0 Å². The maximum absolute atomic E-state index is 4.65. The summed E-state index contributed by atoms with van der Waals surface area (Å²) < 4.78 is 0. The van der Waals surface area contributed by atoms with Crippen LogP contribution in [0.3, 0.4) is 0 Å². The summed E-state index contributed by atoms with van der Waals surface area (Å²) in [7, 11) is 0. The second-order valence-electron chi connectivity index (χ2n) is 4.07. The van der Waals surface area contributed by atoms with Crippen molar-refractivity contribution in [3.63, 3.8) is 0 Å². The molecule has 0 atom stereocenters. The second-order valence-corrected chi connectivity index (χ2v) is 4.07. The quantitative estimate of drug-likeness (QED) is 0.576. The number of para-hydroxylation sites is 2. The predicted molar refractivity (Wildman–Crippen MR) is 78.7 cm³/mol. The van der Waals surface area contributed by atoms with Crippen LogP contribution < -0.4 is 4.90 Å². The Morgan fingerprint density at radius 1 is 0.944 bits per heavy atom. The molecule has 0 aromatic heterocycles. The average molecular weight is 238 g/mol. The molecule has 0 aliphatic carbocycles. The lowest BCUT2D eigenvalue weighted by molar-refractivity contribution is 1.05. The number of nitrogens with zero attached hydrogens (tertiary/aromatic N) is 2. The highest BCUT2D eigenvalue weighted by molar-refractivity contribution is 5.97. The van der Waals surface area contributed by atoms with Crippen molar-refractivity contribution in [1.29, 1.82) is 0 Å². The summed E-state index contributed by atoms with van der Waals surface area (Å²) in [6.45, 7) is 5.09. The third-order valence-corrected chi connectivity index (χ3v) is 2.82. The molecule has 0 amide bonds. The van der Waals surface area contributed by atoms with Crippen LogP contribution in [0.25, 0.3) is 0 Å². The first-order chi connectivity index (χ1) is 8.81. The fraction of sp³-hybridized carbons (Fsp3) is 0.188. The number of amidine groups is 1. The van der Waals surface area contributed by atoms with Crippen molar-refractivity contribution in [3.8, 4) is 0 Å². The number of rotatable bonds is 3. The zero-order valence-electron chi connectivity index (χ0n) is 10.9. The molecular weight excluding hydrogens is 220 g/mol. The molecule has 0 aliphatic heterocycles. The van der Waals surface area contributed by atoms with Gasteiger partial charge in [-0.25, -0.2) is 4.99 Å². The van der Waals surface area contributed by atoms with Crippen LogP contribution in [0.5, 0.6) is 0 Å². The molecule has 0 heterocycles. The summed E-state index contributed by atoms with van der Waals surface area (Å²) in [5.74, 6) is 1.01. The van der Waals surface area contributed by atoms with Gasteiger partial charge < -0.3 is 4.90 Å². The molecule has 0 radical (unpaired) electrons. The molecule has 2 rings (SSSR count). The van der Waals surface area contributed by atoms with Gasteiger partial charge in [0.1, 0.15) is 5.84 Å². The standard InChI is InChI=1S/C16H18N2/c1-3-18(16-12-8-5-9-13-16)14(2)17-15-10-6-4-7-11-15/h4-13H,3H2,1-2H3. The third kappa shape index (κ3) is 2.98. The van der Waals surface area contributed by atoms with Gasteiger partial charge in [-0.15, -0.1) is 0 Å². The van der Waals surface area contributed by atoms with Crippen molar-refractivity contribution < 1.29 is 0 Å². The van der Waals surface area contributed by atoms with Gasteiger partial charge in [-0.3, -0.25) is 0 Å². The number of benzene rings is 2. The van der Waals surface area contributed by atoms with Gasteiger partial charge >= 0.3 is 0 Å². The molecule has 2 aromatic rings. The molecule has 2 nitrogen and oxygen atoms in total. The van der Waals surface area contributed by atoms with E-state index in [2.05, 4.69) is 28.9 Å². The molecule has 2 aromatic carbocycles. The molecule has 0 unspecified atom stereocenters. The Bertz CT molecular complexity index is 503. The monoisotopic (exact) mass is 238 g/mol. The van der Waals surface area contributed by atoms with Crippen LogP contribution in [0, 0.1) is 0 Å². The average Bonchev–Trinajstić information content (AvgIpc) is 2.42. The fourth-order valence-corrected chi connectivity index (χ4v) is 1.96. The summed E-state index contributed by atoms with van der Waals surface area (Å²) in [6.07, 6.45) is 0. The summed E-state index contributed by atoms with van der Waals surface area (Å²) in [5.41, 5.74) is 2.17. The van der Waals surface area contributed by atoms with Crippen molar-refractivity contribution in [2.45, 2.75) is 13.8 Å². The molecule has 0 saturated carbocycles. The Kier molecular flexibility index (Phi) is 4.13. The van der Waals surface area contributed by atoms with Crippen LogP contribution in [-0.4, -0.2) is 12.4 Å². The summed E-state index contributed by atoms with van der Waals surface area (Å²) in [4.78, 5) is 6.85. The van der Waals surface area contributed by atoms with Gasteiger partial charge in [-0.1, -0.05) is 36.4 Å². The molecule has 0 aliphatic rings. The van der Waals surface area contributed by atoms with Gasteiger partial charge in [0, 0.05) is 12.2 Å². The third-order valence-electron chi connectivity index (χ3n) is 2.82. The van der Waals surface area contributed by atoms with Gasteiger partial charge in [0.15, 0.2) is 0 Å². The van der Waals surface area contributed by atoms with E-state index in [4.69, 9.17) is 0 Å². The SMILES string of the molecule is CCN(C(C)=Nc1ccccc1)c1ccccc1. The molecule has 0 saturated heterocycles. The Morgan fingerprint density at radius 2 is 1.50 bits per heavy atom. The van der Waals surface area contributed by atoms with Crippen LogP contribution in [0.1, 0.15) is 13.8 Å². The molecule has 2 heteroatoms. The minimum atomic E-state index is 0.909. The predicted octanol–water partition coefficient (Wildman–Crippen LogP) is 4.26. The molecule has 92 valence electrons. The van der Waals surface area contributed by atoms with E-state index in [-0.39, 0.29) is 0 Å². The first kappa shape index (κ1) is 12.4. The summed E-state index contributed by atoms with van der Waals surface area (Å²) in [6, 6.07) is 20.4. The van der Waals surface area contributed by atoms with Crippen LogP contribution in [0.2, 0.25) is 0 Å². The zero-order valence-corrected chi connectivity index (χ0v) is 10.9. The van der Waals surface area contributed by atoms with E-state index < -0.39 is 0 Å². The number of anilines is 1. The normalized spacial score (nSPS) is 11.3. The molecule has 0 N–H and O–H groups in total. The molecule has 0 bridgehead atoms. The van der Waals surface area contributed by atoms with E-state index in [0.29, 0.717) is 0 Å². The lowest BCUT2D eigenvalue weighted by Gasteiger charge is -2.22. The van der Waals surface area contributed by atoms with Crippen LogP contribution in [-0.2, 0) is 0 Å². The lowest BCUT2D eigenvalue weighted by Crippen LogP contribution is -2.27. The van der Waals surface area contributed by atoms with Crippen molar-refractivity contribution in [2.24, 2.45) is 4.99 Å². The first-order valence-electron chi connectivity index (χ1n) is 6.24. The van der Waals surface area contributed by atoms with Crippen molar-refractivity contribution in [3.05, 3.63) is 60.7 Å². The Morgan fingerprint density at radius 3 is 2.06 bits per heavy atom. The minimum Gasteiger partial charge on any atom is -0.330 e. The van der Waals surface area contributed by atoms with Crippen molar-refractivity contribution in [2.75, 3.05) is 11.4 Å². The largest absolute Gasteiger partial charge is 0.330 e. The van der Waals surface area contributed by atoms with Gasteiger partial charge in [-0.05, 0) is 38.1 Å². The number of hydrogen-bond donors (Lipinski definition) is 0. The Labute approximate surface area is 109 Å². The van der Waals surface area contributed by atoms with Gasteiger partial charge in [0.05, 0.1) is 5.69 Å². The lowest BCUT2D eigenvalue weighted by atomic mass is 10.3. The topological polar surface area (TPSA) is 15.6 Å². The van der Waals surface area contributed by atoms with E-state index in [1.807, 2.05) is 55.5 Å². The highest BCUT2D eigenvalue weighted by Crippen LogP contribution is 2.16. The molecule has 0 fully saturated rings. The van der Waals surface area contributed by atoms with Gasteiger partial charge in [0.2, 0.25) is 0 Å². The van der Waals surface area contributed by atoms with Crippen LogP contribution in [0.4, 0.5) is 11.4 Å². The number of aliphatic imine (C=N–C) groups is 1. The Hall–Kier alpha value is -2.09. The Balaban J connectivity index is 2.26. The summed E-state index contributed by atoms with van der Waals surface area (Å²) >= 11 is 0. The van der Waals surface area contributed by atoms with Crippen molar-refractivity contribution >= 4 is 17.2 Å². The molecule has 18 heavy (non-hydrogen) atoms.